The van der Waals surface area contributed by atoms with E-state index in [9.17, 15) is 14.4 Å². The Bertz CT molecular complexity index is 1600. The summed E-state index contributed by atoms with van der Waals surface area (Å²) < 4.78 is 12.7. The second kappa shape index (κ2) is 8.63. The lowest BCUT2D eigenvalue weighted by Gasteiger charge is -2.20. The Morgan fingerprint density at radius 1 is 0.919 bits per heavy atom. The van der Waals surface area contributed by atoms with Crippen LogP contribution in [-0.2, 0) is 12.8 Å². The van der Waals surface area contributed by atoms with Crippen molar-refractivity contribution in [2.24, 2.45) is 5.73 Å². The van der Waals surface area contributed by atoms with Gasteiger partial charge in [-0.25, -0.2) is 4.68 Å². The third-order valence-electron chi connectivity index (χ3n) is 6.64. The maximum atomic E-state index is 12.9. The minimum Gasteiger partial charge on any atom is -0.454 e. The van der Waals surface area contributed by atoms with Crippen molar-refractivity contribution in [3.8, 4) is 28.4 Å². The third kappa shape index (κ3) is 3.90. The maximum Gasteiger partial charge on any atom is 0.269 e. The first-order chi connectivity index (χ1) is 17.9. The minimum atomic E-state index is -0.599. The molecule has 37 heavy (non-hydrogen) atoms. The summed E-state index contributed by atoms with van der Waals surface area (Å²) in [6, 6.07) is 17.7. The van der Waals surface area contributed by atoms with Gasteiger partial charge in [-0.15, -0.1) is 0 Å². The Morgan fingerprint density at radius 3 is 2.43 bits per heavy atom. The summed E-state index contributed by atoms with van der Waals surface area (Å²) in [7, 11) is 0. The number of nitrogens with zero attached hydrogens (tertiary/aromatic N) is 2. The molecule has 184 valence electrons. The molecule has 2 amide bonds. The molecule has 6 rings (SSSR count). The van der Waals surface area contributed by atoms with E-state index in [-0.39, 0.29) is 24.2 Å². The van der Waals surface area contributed by atoms with E-state index < -0.39 is 5.91 Å². The summed E-state index contributed by atoms with van der Waals surface area (Å²) in [5.41, 5.74) is 11.6. The molecule has 9 nitrogen and oxygen atoms in total. The number of anilines is 1. The van der Waals surface area contributed by atoms with Crippen LogP contribution in [0.2, 0.25) is 0 Å². The van der Waals surface area contributed by atoms with E-state index in [1.165, 1.54) is 6.92 Å². The van der Waals surface area contributed by atoms with E-state index in [1.807, 2.05) is 30.3 Å². The van der Waals surface area contributed by atoms with Crippen LogP contribution in [0.15, 0.2) is 60.7 Å². The molecule has 0 unspecified atom stereocenters. The highest BCUT2D eigenvalue weighted by Gasteiger charge is 2.29. The SMILES string of the molecule is CC(=O)c1ccc(C(=O)Nc2ccc3c(c2)-c2c(c(C(N)=O)nn2-c2ccc4c(c2)OCO4)CC3)cc1. The zero-order valence-electron chi connectivity index (χ0n) is 19.9. The Balaban J connectivity index is 1.40. The molecule has 9 heteroatoms. The minimum absolute atomic E-state index is 0.0631. The smallest absolute Gasteiger partial charge is 0.269 e. The molecule has 0 fully saturated rings. The number of amides is 2. The van der Waals surface area contributed by atoms with Gasteiger partial charge in [-0.2, -0.15) is 5.10 Å². The largest absolute Gasteiger partial charge is 0.454 e. The fourth-order valence-corrected chi connectivity index (χ4v) is 4.78. The fourth-order valence-electron chi connectivity index (χ4n) is 4.78. The van der Waals surface area contributed by atoms with Crippen LogP contribution in [0.4, 0.5) is 5.69 Å². The molecule has 3 N–H and O–H groups in total. The quantitative estimate of drug-likeness (QED) is 0.405. The number of aryl methyl sites for hydroxylation is 1. The van der Waals surface area contributed by atoms with Crippen LogP contribution in [0.1, 0.15) is 49.3 Å². The summed E-state index contributed by atoms with van der Waals surface area (Å²) in [5, 5.41) is 7.51. The number of fused-ring (bicyclic) bond motifs is 4. The first kappa shape index (κ1) is 22.5. The molecule has 1 aliphatic heterocycles. The maximum absolute atomic E-state index is 12.9. The second-order valence-electron chi connectivity index (χ2n) is 8.95. The first-order valence-electron chi connectivity index (χ1n) is 11.8. The zero-order valence-corrected chi connectivity index (χ0v) is 19.9. The van der Waals surface area contributed by atoms with Crippen LogP contribution >= 0.6 is 0 Å². The summed E-state index contributed by atoms with van der Waals surface area (Å²) in [6.07, 6.45) is 1.32. The van der Waals surface area contributed by atoms with Crippen LogP contribution in [0, 0.1) is 0 Å². The predicted molar refractivity (Wildman–Crippen MR) is 135 cm³/mol. The van der Waals surface area contributed by atoms with Crippen LogP contribution < -0.4 is 20.5 Å². The van der Waals surface area contributed by atoms with Gasteiger partial charge in [0.1, 0.15) is 0 Å². The van der Waals surface area contributed by atoms with Gasteiger partial charge in [-0.05, 0) is 61.7 Å². The summed E-state index contributed by atoms with van der Waals surface area (Å²) >= 11 is 0. The number of carbonyl (C=O) groups is 3. The normalized spacial score (nSPS) is 13.0. The molecule has 0 radical (unpaired) electrons. The van der Waals surface area contributed by atoms with Crippen molar-refractivity contribution < 1.29 is 23.9 Å². The van der Waals surface area contributed by atoms with Gasteiger partial charge in [0.25, 0.3) is 11.8 Å². The van der Waals surface area contributed by atoms with Gasteiger partial charge in [0.2, 0.25) is 6.79 Å². The van der Waals surface area contributed by atoms with E-state index >= 15 is 0 Å². The lowest BCUT2D eigenvalue weighted by atomic mass is 9.88. The molecule has 1 aromatic heterocycles. The van der Waals surface area contributed by atoms with Crippen molar-refractivity contribution in [1.82, 2.24) is 9.78 Å². The van der Waals surface area contributed by atoms with Crippen molar-refractivity contribution in [3.63, 3.8) is 0 Å². The molecule has 3 aromatic carbocycles. The van der Waals surface area contributed by atoms with Crippen molar-refractivity contribution in [3.05, 3.63) is 88.6 Å². The van der Waals surface area contributed by atoms with Gasteiger partial charge < -0.3 is 20.5 Å². The van der Waals surface area contributed by atoms with Crippen molar-refractivity contribution in [2.45, 2.75) is 19.8 Å². The van der Waals surface area contributed by atoms with E-state index in [1.54, 1.807) is 35.0 Å². The number of Topliss-reactive ketones (excluding diaryl/α,β-unsaturated/α-hetero) is 1. The van der Waals surface area contributed by atoms with Gasteiger partial charge in [0.15, 0.2) is 23.0 Å². The highest BCUT2D eigenvalue weighted by atomic mass is 16.7. The standard InChI is InChI=1S/C28H22N4O5/c1-15(33)16-2-4-18(5-3-16)28(35)30-19-8-6-17-7-10-21-25(27(29)34)31-32(26(21)22(17)12-19)20-9-11-23-24(13-20)37-14-36-23/h2-6,8-9,11-13H,7,10,14H2,1H3,(H2,29,34)(H,30,35). The Kier molecular flexibility index (Phi) is 5.26. The molecule has 0 bridgehead atoms. The fraction of sp³-hybridized carbons (Fsp3) is 0.143. The number of benzene rings is 3. The molecule has 2 heterocycles. The molecular formula is C28H22N4O5. The summed E-state index contributed by atoms with van der Waals surface area (Å²) in [6.45, 7) is 1.63. The molecule has 0 saturated heterocycles. The molecule has 4 aromatic rings. The second-order valence-corrected chi connectivity index (χ2v) is 8.95. The number of carbonyl (C=O) groups excluding carboxylic acids is 3. The molecule has 2 aliphatic rings. The monoisotopic (exact) mass is 494 g/mol. The average Bonchev–Trinajstić information content (AvgIpc) is 3.53. The molecule has 1 aliphatic carbocycles. The third-order valence-corrected chi connectivity index (χ3v) is 6.64. The van der Waals surface area contributed by atoms with E-state index in [2.05, 4.69) is 10.4 Å². The highest BCUT2D eigenvalue weighted by Crippen LogP contribution is 2.40. The summed E-state index contributed by atoms with van der Waals surface area (Å²) in [4.78, 5) is 36.7. The van der Waals surface area contributed by atoms with Crippen molar-refractivity contribution >= 4 is 23.3 Å². The van der Waals surface area contributed by atoms with Gasteiger partial charge in [0.05, 0.1) is 11.4 Å². The van der Waals surface area contributed by atoms with E-state index in [4.69, 9.17) is 15.2 Å². The molecule has 0 spiro atoms. The Morgan fingerprint density at radius 2 is 1.68 bits per heavy atom. The topological polar surface area (TPSA) is 126 Å². The number of nitrogens with two attached hydrogens (primary N) is 1. The highest BCUT2D eigenvalue weighted by molar-refractivity contribution is 6.05. The Labute approximate surface area is 211 Å². The van der Waals surface area contributed by atoms with Crippen LogP contribution in [0.25, 0.3) is 16.9 Å². The van der Waals surface area contributed by atoms with Crippen molar-refractivity contribution in [1.29, 1.82) is 0 Å². The number of nitrogens with one attached hydrogen (secondary N) is 1. The number of hydrogen-bond acceptors (Lipinski definition) is 6. The van der Waals surface area contributed by atoms with Crippen LogP contribution in [0.5, 0.6) is 11.5 Å². The average molecular weight is 495 g/mol. The van der Waals surface area contributed by atoms with Gasteiger partial charge in [0, 0.05) is 34.0 Å². The van der Waals surface area contributed by atoms with Crippen LogP contribution in [-0.4, -0.2) is 34.2 Å². The number of rotatable bonds is 5. The molecular weight excluding hydrogens is 472 g/mol. The number of aromatic nitrogens is 2. The lowest BCUT2D eigenvalue weighted by molar-refractivity contribution is 0.0990. The first-order valence-corrected chi connectivity index (χ1v) is 11.8. The number of ketones is 1. The van der Waals surface area contributed by atoms with Gasteiger partial charge >= 0.3 is 0 Å². The summed E-state index contributed by atoms with van der Waals surface area (Å²) in [5.74, 6) is 0.273. The van der Waals surface area contributed by atoms with Crippen LogP contribution in [0.3, 0.4) is 0 Å². The molecule has 0 saturated carbocycles. The lowest BCUT2D eigenvalue weighted by Crippen LogP contribution is -2.15. The van der Waals surface area contributed by atoms with Gasteiger partial charge in [-0.3, -0.25) is 14.4 Å². The van der Waals surface area contributed by atoms with E-state index in [0.29, 0.717) is 46.8 Å². The van der Waals surface area contributed by atoms with E-state index in [0.717, 1.165) is 22.4 Å². The molecule has 0 atom stereocenters. The van der Waals surface area contributed by atoms with Gasteiger partial charge in [-0.1, -0.05) is 18.2 Å². The number of hydrogen-bond donors (Lipinski definition) is 2. The van der Waals surface area contributed by atoms with Crippen molar-refractivity contribution in [2.75, 3.05) is 12.1 Å². The Hall–Kier alpha value is -4.92. The zero-order chi connectivity index (χ0) is 25.7. The predicted octanol–water partition coefficient (Wildman–Crippen LogP) is 3.92. The number of ether oxygens (including phenoxy) is 2. The number of primary amides is 1.